The fraction of sp³-hybridized carbons (Fsp3) is 0. The Hall–Kier alpha value is -2.71. The Morgan fingerprint density at radius 2 is 1.33 bits per heavy atom. The SMILES string of the molecule is O=[P+](O)O.O=[P+](O)O.O=c1cc(-c2ccccc2)oc2c(O)c(O)ccc12. The average molecular weight is 416 g/mol. The Morgan fingerprint density at radius 1 is 0.815 bits per heavy atom. The molecule has 0 bridgehead atoms. The number of rotatable bonds is 1. The summed E-state index contributed by atoms with van der Waals surface area (Å²) in [7, 11) is -5.74. The fourth-order valence-electron chi connectivity index (χ4n) is 1.94. The molecule has 142 valence electrons. The topological polar surface area (TPSA) is 186 Å². The van der Waals surface area contributed by atoms with Crippen LogP contribution in [0.2, 0.25) is 0 Å². The number of fused-ring (bicyclic) bond motifs is 1. The van der Waals surface area contributed by atoms with Crippen LogP contribution >= 0.6 is 16.5 Å². The van der Waals surface area contributed by atoms with Gasteiger partial charge in [-0.1, -0.05) is 30.3 Å². The number of phenols is 2. The van der Waals surface area contributed by atoms with E-state index in [1.54, 1.807) is 12.1 Å². The predicted octanol–water partition coefficient (Wildman–Crippen LogP) is 2.13. The molecule has 6 N–H and O–H groups in total. The standard InChI is InChI=1S/C15H10O4.2HO3P/c16-11-7-6-10-12(17)8-13(19-15(10)14(11)18)9-4-2-1-3-5-9;2*1-4(2)3/h1-8,16,18H;2*(H-,1,2,3)/p+2. The summed E-state index contributed by atoms with van der Waals surface area (Å²) in [4.78, 5) is 40.5. The summed E-state index contributed by atoms with van der Waals surface area (Å²) in [5, 5.41) is 19.5. The summed E-state index contributed by atoms with van der Waals surface area (Å²) in [6.45, 7) is 0. The molecule has 0 spiro atoms. The highest BCUT2D eigenvalue weighted by Gasteiger charge is 2.12. The lowest BCUT2D eigenvalue weighted by molar-refractivity contribution is 0.400. The van der Waals surface area contributed by atoms with Crippen molar-refractivity contribution in [2.45, 2.75) is 0 Å². The Bertz CT molecular complexity index is 981. The summed E-state index contributed by atoms with van der Waals surface area (Å²) in [5.41, 5.74) is 0.450. The van der Waals surface area contributed by atoms with Crippen molar-refractivity contribution in [2.24, 2.45) is 0 Å². The lowest BCUT2D eigenvalue weighted by Gasteiger charge is -2.05. The van der Waals surface area contributed by atoms with Crippen LogP contribution in [0.15, 0.2) is 57.7 Å². The van der Waals surface area contributed by atoms with Gasteiger partial charge >= 0.3 is 16.5 Å². The highest BCUT2D eigenvalue weighted by Crippen LogP contribution is 2.34. The molecule has 0 unspecified atom stereocenters. The summed E-state index contributed by atoms with van der Waals surface area (Å²) in [6.07, 6.45) is 0. The molecule has 12 heteroatoms. The van der Waals surface area contributed by atoms with Crippen molar-refractivity contribution in [1.82, 2.24) is 0 Å². The Morgan fingerprint density at radius 3 is 1.85 bits per heavy atom. The van der Waals surface area contributed by atoms with Gasteiger partial charge in [-0.05, 0) is 12.1 Å². The van der Waals surface area contributed by atoms with Gasteiger partial charge in [0, 0.05) is 20.8 Å². The second kappa shape index (κ2) is 10.4. The zero-order valence-electron chi connectivity index (χ0n) is 13.3. The van der Waals surface area contributed by atoms with Crippen molar-refractivity contribution in [2.75, 3.05) is 0 Å². The number of hydrogen-bond acceptors (Lipinski definition) is 6. The summed E-state index contributed by atoms with van der Waals surface area (Å²) in [5.74, 6) is -0.396. The Balaban J connectivity index is 0.000000390. The van der Waals surface area contributed by atoms with Crippen LogP contribution in [0.3, 0.4) is 0 Å². The van der Waals surface area contributed by atoms with Crippen LogP contribution in [-0.4, -0.2) is 29.8 Å². The number of aromatic hydroxyl groups is 2. The van der Waals surface area contributed by atoms with Crippen molar-refractivity contribution in [3.05, 3.63) is 58.8 Å². The zero-order chi connectivity index (χ0) is 20.6. The van der Waals surface area contributed by atoms with Crippen LogP contribution in [0, 0.1) is 0 Å². The van der Waals surface area contributed by atoms with Crippen molar-refractivity contribution in [3.8, 4) is 22.8 Å². The van der Waals surface area contributed by atoms with E-state index in [4.69, 9.17) is 33.1 Å². The van der Waals surface area contributed by atoms with Crippen LogP contribution < -0.4 is 5.43 Å². The van der Waals surface area contributed by atoms with Crippen LogP contribution in [0.25, 0.3) is 22.3 Å². The summed E-state index contributed by atoms with van der Waals surface area (Å²) >= 11 is 0. The first kappa shape index (κ1) is 22.3. The van der Waals surface area contributed by atoms with Gasteiger partial charge in [0.1, 0.15) is 5.76 Å². The van der Waals surface area contributed by atoms with Crippen molar-refractivity contribution < 1.29 is 43.3 Å². The van der Waals surface area contributed by atoms with Gasteiger partial charge in [-0.15, -0.1) is 19.6 Å². The predicted molar refractivity (Wildman–Crippen MR) is 95.3 cm³/mol. The first-order chi connectivity index (χ1) is 12.6. The second-order valence-corrected chi connectivity index (χ2v) is 5.67. The van der Waals surface area contributed by atoms with Crippen LogP contribution in [0.1, 0.15) is 0 Å². The third kappa shape index (κ3) is 7.20. The molecular weight excluding hydrogens is 402 g/mol. The van der Waals surface area contributed by atoms with Gasteiger partial charge in [-0.3, -0.25) is 4.79 Å². The van der Waals surface area contributed by atoms with Gasteiger partial charge in [0.05, 0.1) is 5.39 Å². The number of hydrogen-bond donors (Lipinski definition) is 6. The van der Waals surface area contributed by atoms with E-state index >= 15 is 0 Å². The van der Waals surface area contributed by atoms with E-state index in [1.807, 2.05) is 18.2 Å². The van der Waals surface area contributed by atoms with E-state index in [0.717, 1.165) is 5.56 Å². The quantitative estimate of drug-likeness (QED) is 0.253. The Kier molecular flexibility index (Phi) is 8.64. The molecule has 2 aromatic carbocycles. The van der Waals surface area contributed by atoms with Crippen molar-refractivity contribution in [3.63, 3.8) is 0 Å². The smallest absolute Gasteiger partial charge is 0.504 e. The molecule has 0 fully saturated rings. The fourth-order valence-corrected chi connectivity index (χ4v) is 1.94. The minimum atomic E-state index is -2.87. The van der Waals surface area contributed by atoms with Gasteiger partial charge in [0.2, 0.25) is 5.75 Å². The molecule has 0 atom stereocenters. The van der Waals surface area contributed by atoms with Crippen LogP contribution in [0.5, 0.6) is 11.5 Å². The third-order valence-corrected chi connectivity index (χ3v) is 2.91. The van der Waals surface area contributed by atoms with E-state index in [-0.39, 0.29) is 22.1 Å². The summed E-state index contributed by atoms with van der Waals surface area (Å²) < 4.78 is 22.9. The first-order valence-electron chi connectivity index (χ1n) is 6.87. The molecule has 10 nitrogen and oxygen atoms in total. The molecule has 0 saturated heterocycles. The molecule has 1 aromatic heterocycles. The maximum absolute atomic E-state index is 12.0. The van der Waals surface area contributed by atoms with E-state index in [1.165, 1.54) is 18.2 Å². The van der Waals surface area contributed by atoms with E-state index in [0.29, 0.717) is 5.76 Å². The van der Waals surface area contributed by atoms with Gasteiger partial charge in [0.25, 0.3) is 0 Å². The normalized spacial score (nSPS) is 9.48. The molecule has 0 aliphatic carbocycles. The molecule has 27 heavy (non-hydrogen) atoms. The average Bonchev–Trinajstić information content (AvgIpc) is 2.58. The van der Waals surface area contributed by atoms with E-state index < -0.39 is 22.3 Å². The summed E-state index contributed by atoms with van der Waals surface area (Å²) in [6, 6.07) is 13.1. The molecule has 0 aliphatic heterocycles. The molecule has 3 rings (SSSR count). The second-order valence-electron chi connectivity index (χ2n) is 4.66. The maximum Gasteiger partial charge on any atom is 0.692 e. The molecule has 3 aromatic rings. The van der Waals surface area contributed by atoms with Crippen LogP contribution in [0.4, 0.5) is 0 Å². The maximum atomic E-state index is 12.0. The molecule has 0 radical (unpaired) electrons. The minimum Gasteiger partial charge on any atom is -0.504 e. The van der Waals surface area contributed by atoms with Gasteiger partial charge in [-0.25, -0.2) is 0 Å². The van der Waals surface area contributed by atoms with E-state index in [2.05, 4.69) is 0 Å². The molecule has 0 saturated carbocycles. The number of benzene rings is 2. The largest absolute Gasteiger partial charge is 0.692 e. The van der Waals surface area contributed by atoms with Crippen molar-refractivity contribution in [1.29, 1.82) is 0 Å². The minimum absolute atomic E-state index is 0.00801. The molecule has 0 amide bonds. The van der Waals surface area contributed by atoms with Gasteiger partial charge < -0.3 is 14.6 Å². The molecule has 1 heterocycles. The van der Waals surface area contributed by atoms with Gasteiger partial charge in [-0.2, -0.15) is 0 Å². The van der Waals surface area contributed by atoms with Crippen LogP contribution in [-0.2, 0) is 9.13 Å². The zero-order valence-corrected chi connectivity index (χ0v) is 15.1. The number of phenolic OH excluding ortho intramolecular Hbond substituents is 2. The third-order valence-electron chi connectivity index (χ3n) is 2.91. The monoisotopic (exact) mass is 416 g/mol. The lowest BCUT2D eigenvalue weighted by atomic mass is 10.1. The molecular formula is C15H14O10P2+2. The van der Waals surface area contributed by atoms with Gasteiger partial charge in [0.15, 0.2) is 16.8 Å². The van der Waals surface area contributed by atoms with Crippen molar-refractivity contribution >= 4 is 27.5 Å². The first-order valence-corrected chi connectivity index (χ1v) is 9.20. The lowest BCUT2D eigenvalue weighted by Crippen LogP contribution is -2.00. The Labute approximate surface area is 153 Å². The highest BCUT2D eigenvalue weighted by atomic mass is 31.1. The van der Waals surface area contributed by atoms with E-state index in [9.17, 15) is 15.0 Å². The highest BCUT2D eigenvalue weighted by molar-refractivity contribution is 7.31. The molecule has 0 aliphatic rings.